The van der Waals surface area contributed by atoms with Crippen LogP contribution in [0.4, 0.5) is 11.5 Å². The molecule has 7 nitrogen and oxygen atoms in total. The zero-order chi connectivity index (χ0) is 19.9. The van der Waals surface area contributed by atoms with E-state index in [1.165, 1.54) is 6.33 Å². The molecular formula is C21H21N3O4. The second-order valence-electron chi connectivity index (χ2n) is 5.93. The molecule has 0 spiro atoms. The fraction of sp³-hybridized carbons (Fsp3) is 0.238. The first-order valence-electron chi connectivity index (χ1n) is 8.77. The van der Waals surface area contributed by atoms with E-state index in [1.54, 1.807) is 12.1 Å². The zero-order valence-corrected chi connectivity index (χ0v) is 15.5. The molecule has 0 radical (unpaired) electrons. The van der Waals surface area contributed by atoms with Crippen LogP contribution >= 0.6 is 0 Å². The van der Waals surface area contributed by atoms with Crippen LogP contribution in [0.2, 0.25) is 0 Å². The van der Waals surface area contributed by atoms with Crippen LogP contribution in [-0.2, 0) is 0 Å². The molecule has 1 heterocycles. The molecule has 2 aromatic carbocycles. The van der Waals surface area contributed by atoms with Crippen molar-refractivity contribution in [3.05, 3.63) is 47.8 Å². The van der Waals surface area contributed by atoms with E-state index in [1.807, 2.05) is 25.1 Å². The molecule has 3 N–H and O–H groups in total. The number of nitrogens with one attached hydrogen (secondary N) is 1. The summed E-state index contributed by atoms with van der Waals surface area (Å²) in [5.74, 6) is 4.12. The summed E-state index contributed by atoms with van der Waals surface area (Å²) in [5, 5.41) is 22.1. The SMILES string of the molecule is C#Cc1cccc(Nc2ncnc3cc(OCCO)c(OCCO)cc23)c1C. The second-order valence-corrected chi connectivity index (χ2v) is 5.93. The van der Waals surface area contributed by atoms with Gasteiger partial charge in [-0.1, -0.05) is 12.0 Å². The van der Waals surface area contributed by atoms with Crippen LogP contribution in [0.15, 0.2) is 36.7 Å². The van der Waals surface area contributed by atoms with Gasteiger partial charge in [0, 0.05) is 22.7 Å². The maximum absolute atomic E-state index is 9.08. The predicted molar refractivity (Wildman–Crippen MR) is 107 cm³/mol. The number of terminal acetylenes is 1. The molecule has 7 heteroatoms. The molecule has 0 unspecified atom stereocenters. The highest BCUT2D eigenvalue weighted by Crippen LogP contribution is 2.35. The summed E-state index contributed by atoms with van der Waals surface area (Å²) in [6.45, 7) is 1.92. The molecule has 0 aliphatic carbocycles. The zero-order valence-electron chi connectivity index (χ0n) is 15.5. The third-order valence-corrected chi connectivity index (χ3v) is 4.14. The number of aromatic nitrogens is 2. The molecule has 0 amide bonds. The smallest absolute Gasteiger partial charge is 0.163 e. The Morgan fingerprint density at radius 1 is 1.07 bits per heavy atom. The van der Waals surface area contributed by atoms with Crippen LogP contribution in [0, 0.1) is 19.3 Å². The number of nitrogens with zero attached hydrogens (tertiary/aromatic N) is 2. The van der Waals surface area contributed by atoms with Crippen molar-refractivity contribution in [3.63, 3.8) is 0 Å². The summed E-state index contributed by atoms with van der Waals surface area (Å²) in [6.07, 6.45) is 7.01. The number of benzene rings is 2. The van der Waals surface area contributed by atoms with Crippen molar-refractivity contribution >= 4 is 22.4 Å². The molecule has 28 heavy (non-hydrogen) atoms. The van der Waals surface area contributed by atoms with Crippen LogP contribution in [0.3, 0.4) is 0 Å². The Bertz CT molecular complexity index is 1010. The van der Waals surface area contributed by atoms with Gasteiger partial charge in [0.15, 0.2) is 11.5 Å². The van der Waals surface area contributed by atoms with Gasteiger partial charge in [0.1, 0.15) is 25.4 Å². The predicted octanol–water partition coefficient (Wildman–Crippen LogP) is 2.41. The largest absolute Gasteiger partial charge is 0.487 e. The first kappa shape index (κ1) is 19.4. The second kappa shape index (κ2) is 9.04. The Kier molecular flexibility index (Phi) is 6.27. The van der Waals surface area contributed by atoms with E-state index in [9.17, 15) is 0 Å². The molecule has 3 aromatic rings. The van der Waals surface area contributed by atoms with E-state index in [2.05, 4.69) is 21.2 Å². The molecule has 0 aliphatic heterocycles. The van der Waals surface area contributed by atoms with Crippen LogP contribution in [0.25, 0.3) is 10.9 Å². The summed E-state index contributed by atoms with van der Waals surface area (Å²) < 4.78 is 11.1. The van der Waals surface area contributed by atoms with E-state index in [0.717, 1.165) is 22.2 Å². The number of hydrogen-bond acceptors (Lipinski definition) is 7. The van der Waals surface area contributed by atoms with Gasteiger partial charge in [0.2, 0.25) is 0 Å². The summed E-state index contributed by atoms with van der Waals surface area (Å²) in [7, 11) is 0. The summed E-state index contributed by atoms with van der Waals surface area (Å²) in [6, 6.07) is 9.15. The number of anilines is 2. The third kappa shape index (κ3) is 4.14. The Balaban J connectivity index is 2.05. The molecule has 0 atom stereocenters. The van der Waals surface area contributed by atoms with Crippen molar-refractivity contribution in [1.82, 2.24) is 9.97 Å². The lowest BCUT2D eigenvalue weighted by Gasteiger charge is -2.15. The maximum atomic E-state index is 9.08. The first-order chi connectivity index (χ1) is 13.7. The minimum atomic E-state index is -0.133. The summed E-state index contributed by atoms with van der Waals surface area (Å²) in [4.78, 5) is 8.65. The van der Waals surface area contributed by atoms with E-state index in [0.29, 0.717) is 22.8 Å². The Labute approximate surface area is 163 Å². The number of fused-ring (bicyclic) bond motifs is 1. The number of ether oxygens (including phenoxy) is 2. The molecule has 3 rings (SSSR count). The van der Waals surface area contributed by atoms with Gasteiger partial charge in [-0.2, -0.15) is 0 Å². The lowest BCUT2D eigenvalue weighted by Crippen LogP contribution is -2.07. The number of aliphatic hydroxyl groups is 2. The lowest BCUT2D eigenvalue weighted by molar-refractivity contribution is 0.178. The van der Waals surface area contributed by atoms with Crippen molar-refractivity contribution in [1.29, 1.82) is 0 Å². The highest BCUT2D eigenvalue weighted by Gasteiger charge is 2.13. The molecule has 0 aliphatic rings. The normalized spacial score (nSPS) is 10.5. The monoisotopic (exact) mass is 379 g/mol. The van der Waals surface area contributed by atoms with E-state index in [4.69, 9.17) is 26.1 Å². The fourth-order valence-corrected chi connectivity index (χ4v) is 2.76. The van der Waals surface area contributed by atoms with Crippen molar-refractivity contribution in [2.24, 2.45) is 0 Å². The van der Waals surface area contributed by atoms with Gasteiger partial charge in [0.25, 0.3) is 0 Å². The molecule has 0 saturated heterocycles. The standard InChI is InChI=1S/C21H21N3O4/c1-3-15-5-4-6-17(14(15)2)24-21-16-11-19(27-9-7-25)20(28-10-8-26)12-18(16)22-13-23-21/h1,4-6,11-13,25-26H,7-10H2,2H3,(H,22,23,24). The molecule has 1 aromatic heterocycles. The Morgan fingerprint density at radius 3 is 2.46 bits per heavy atom. The summed E-state index contributed by atoms with van der Waals surface area (Å²) >= 11 is 0. The van der Waals surface area contributed by atoms with E-state index in [-0.39, 0.29) is 26.4 Å². The van der Waals surface area contributed by atoms with E-state index < -0.39 is 0 Å². The maximum Gasteiger partial charge on any atom is 0.163 e. The number of rotatable bonds is 8. The van der Waals surface area contributed by atoms with Gasteiger partial charge in [-0.15, -0.1) is 6.42 Å². The molecule has 0 fully saturated rings. The molecule has 0 saturated carbocycles. The van der Waals surface area contributed by atoms with Gasteiger partial charge in [0.05, 0.1) is 18.7 Å². The van der Waals surface area contributed by atoms with Crippen LogP contribution in [-0.4, -0.2) is 46.6 Å². The molecular weight excluding hydrogens is 358 g/mol. The number of aliphatic hydroxyl groups excluding tert-OH is 2. The van der Waals surface area contributed by atoms with Crippen molar-refractivity contribution < 1.29 is 19.7 Å². The van der Waals surface area contributed by atoms with Crippen molar-refractivity contribution in [2.75, 3.05) is 31.7 Å². The number of hydrogen-bond donors (Lipinski definition) is 3. The first-order valence-corrected chi connectivity index (χ1v) is 8.77. The van der Waals surface area contributed by atoms with Crippen LogP contribution < -0.4 is 14.8 Å². The fourth-order valence-electron chi connectivity index (χ4n) is 2.76. The highest BCUT2D eigenvalue weighted by atomic mass is 16.5. The summed E-state index contributed by atoms with van der Waals surface area (Å²) in [5.41, 5.74) is 3.23. The highest BCUT2D eigenvalue weighted by molar-refractivity contribution is 5.93. The van der Waals surface area contributed by atoms with Gasteiger partial charge < -0.3 is 25.0 Å². The van der Waals surface area contributed by atoms with Gasteiger partial charge in [-0.25, -0.2) is 9.97 Å². The third-order valence-electron chi connectivity index (χ3n) is 4.14. The van der Waals surface area contributed by atoms with Gasteiger partial charge >= 0.3 is 0 Å². The quantitative estimate of drug-likeness (QED) is 0.517. The average Bonchev–Trinajstić information content (AvgIpc) is 2.72. The van der Waals surface area contributed by atoms with Crippen molar-refractivity contribution in [3.8, 4) is 23.8 Å². The van der Waals surface area contributed by atoms with Crippen molar-refractivity contribution in [2.45, 2.75) is 6.92 Å². The lowest BCUT2D eigenvalue weighted by atomic mass is 10.1. The van der Waals surface area contributed by atoms with E-state index >= 15 is 0 Å². The van der Waals surface area contributed by atoms with Gasteiger partial charge in [-0.3, -0.25) is 0 Å². The van der Waals surface area contributed by atoms with Crippen LogP contribution in [0.1, 0.15) is 11.1 Å². The Hall–Kier alpha value is -3.34. The minimum Gasteiger partial charge on any atom is -0.487 e. The van der Waals surface area contributed by atoms with Gasteiger partial charge in [-0.05, 0) is 30.7 Å². The Morgan fingerprint density at radius 2 is 1.79 bits per heavy atom. The molecule has 144 valence electrons. The molecule has 0 bridgehead atoms. The van der Waals surface area contributed by atoms with Crippen LogP contribution in [0.5, 0.6) is 11.5 Å². The minimum absolute atomic E-state index is 0.112. The average molecular weight is 379 g/mol. The topological polar surface area (TPSA) is 96.7 Å².